The highest BCUT2D eigenvalue weighted by Gasteiger charge is 2.45. The van der Waals surface area contributed by atoms with Gasteiger partial charge in [-0.05, 0) is 68.0 Å². The number of rotatable bonds is 10. The molecule has 0 saturated carbocycles. The van der Waals surface area contributed by atoms with E-state index in [4.69, 9.17) is 19.6 Å². The number of aryl methyl sites for hydroxylation is 1. The summed E-state index contributed by atoms with van der Waals surface area (Å²) in [4.78, 5) is 47.4. The predicted octanol–water partition coefficient (Wildman–Crippen LogP) is 4.89. The van der Waals surface area contributed by atoms with Gasteiger partial charge in [-0.2, -0.15) is 0 Å². The maximum absolute atomic E-state index is 13.1. The number of amides is 3. The smallest absolute Gasteiger partial charge is 0.417 e. The third-order valence-corrected chi connectivity index (χ3v) is 8.24. The summed E-state index contributed by atoms with van der Waals surface area (Å²) in [6.07, 6.45) is 2.01. The van der Waals surface area contributed by atoms with Crippen molar-refractivity contribution in [1.29, 1.82) is 0 Å². The molecule has 216 valence electrons. The van der Waals surface area contributed by atoms with Crippen molar-refractivity contribution in [2.24, 2.45) is 5.92 Å². The van der Waals surface area contributed by atoms with Gasteiger partial charge in [-0.1, -0.05) is 31.7 Å². The van der Waals surface area contributed by atoms with Crippen molar-refractivity contribution >= 4 is 29.9 Å². The first-order valence-electron chi connectivity index (χ1n) is 13.6. The molecule has 40 heavy (non-hydrogen) atoms. The molecule has 3 amide bonds. The highest BCUT2D eigenvalue weighted by molar-refractivity contribution is 7.99. The molecule has 1 N–H and O–H groups in total. The maximum Gasteiger partial charge on any atom is 0.417 e. The Balaban J connectivity index is 1.32. The SMILES string of the molecule is COC(=O)N1CC(CC(C)C)N(C2CCN(Cc3ccc(Sc4ccc(OCC(=O)O)cc4)nc3C)CC2)C1=O. The number of benzene rings is 1. The molecule has 0 spiro atoms. The van der Waals surface area contributed by atoms with Crippen LogP contribution in [0, 0.1) is 12.8 Å². The van der Waals surface area contributed by atoms with E-state index in [0.29, 0.717) is 18.2 Å². The van der Waals surface area contributed by atoms with Crippen molar-refractivity contribution in [3.8, 4) is 5.75 Å². The molecule has 2 fully saturated rings. The van der Waals surface area contributed by atoms with Crippen molar-refractivity contribution in [3.63, 3.8) is 0 Å². The van der Waals surface area contributed by atoms with Crippen LogP contribution < -0.4 is 4.74 Å². The maximum atomic E-state index is 13.1. The summed E-state index contributed by atoms with van der Waals surface area (Å²) in [6.45, 7) is 8.86. The predicted molar refractivity (Wildman–Crippen MR) is 151 cm³/mol. The van der Waals surface area contributed by atoms with Gasteiger partial charge in [0.15, 0.2) is 6.61 Å². The van der Waals surface area contributed by atoms with Crippen LogP contribution in [0.2, 0.25) is 0 Å². The number of likely N-dealkylation sites (tertiary alicyclic amines) is 1. The Bertz CT molecular complexity index is 1200. The van der Waals surface area contributed by atoms with E-state index in [1.54, 1.807) is 23.9 Å². The van der Waals surface area contributed by atoms with Crippen molar-refractivity contribution in [2.45, 2.75) is 68.6 Å². The van der Waals surface area contributed by atoms with E-state index in [9.17, 15) is 14.4 Å². The molecule has 1 atom stereocenters. The molecule has 2 aliphatic rings. The molecule has 1 aromatic carbocycles. The fourth-order valence-electron chi connectivity index (χ4n) is 5.38. The fraction of sp³-hybridized carbons (Fsp3) is 0.517. The van der Waals surface area contributed by atoms with E-state index in [1.165, 1.54) is 17.6 Å². The van der Waals surface area contributed by atoms with E-state index in [1.807, 2.05) is 30.0 Å². The minimum Gasteiger partial charge on any atom is -0.482 e. The molecule has 2 saturated heterocycles. The molecule has 2 aromatic rings. The van der Waals surface area contributed by atoms with Crippen LogP contribution in [0.3, 0.4) is 0 Å². The highest BCUT2D eigenvalue weighted by Crippen LogP contribution is 2.31. The number of ether oxygens (including phenoxy) is 2. The number of carbonyl (C=O) groups is 3. The molecule has 1 unspecified atom stereocenters. The average Bonchev–Trinajstić information content (AvgIpc) is 3.24. The van der Waals surface area contributed by atoms with Crippen molar-refractivity contribution in [1.82, 2.24) is 19.7 Å². The third-order valence-electron chi connectivity index (χ3n) is 7.30. The van der Waals surface area contributed by atoms with E-state index < -0.39 is 12.1 Å². The van der Waals surface area contributed by atoms with Crippen LogP contribution in [0.5, 0.6) is 5.75 Å². The number of imide groups is 1. The van der Waals surface area contributed by atoms with Crippen LogP contribution >= 0.6 is 11.8 Å². The number of aromatic nitrogens is 1. The lowest BCUT2D eigenvalue weighted by molar-refractivity contribution is -0.139. The Kier molecular flexibility index (Phi) is 9.91. The Morgan fingerprint density at radius 3 is 2.42 bits per heavy atom. The topological polar surface area (TPSA) is 113 Å². The van der Waals surface area contributed by atoms with Gasteiger partial charge in [0.2, 0.25) is 0 Å². The van der Waals surface area contributed by atoms with Gasteiger partial charge in [0.25, 0.3) is 0 Å². The first-order valence-corrected chi connectivity index (χ1v) is 14.5. The molecule has 4 rings (SSSR count). The lowest BCUT2D eigenvalue weighted by atomic mass is 9.98. The number of methoxy groups -OCH3 is 1. The number of nitrogens with zero attached hydrogens (tertiary/aromatic N) is 4. The lowest BCUT2D eigenvalue weighted by Crippen LogP contribution is -2.49. The highest BCUT2D eigenvalue weighted by atomic mass is 32.2. The Labute approximate surface area is 239 Å². The van der Waals surface area contributed by atoms with Crippen molar-refractivity contribution in [3.05, 3.63) is 47.7 Å². The summed E-state index contributed by atoms with van der Waals surface area (Å²) >= 11 is 1.54. The molecule has 0 radical (unpaired) electrons. The largest absolute Gasteiger partial charge is 0.482 e. The number of urea groups is 1. The number of pyridine rings is 1. The number of piperidine rings is 1. The molecule has 10 nitrogen and oxygen atoms in total. The van der Waals surface area contributed by atoms with Crippen LogP contribution in [0.4, 0.5) is 9.59 Å². The number of carboxylic acids is 1. The normalized spacial score (nSPS) is 18.4. The zero-order valence-electron chi connectivity index (χ0n) is 23.5. The summed E-state index contributed by atoms with van der Waals surface area (Å²) in [5, 5.41) is 9.63. The average molecular weight is 571 g/mol. The Morgan fingerprint density at radius 1 is 1.12 bits per heavy atom. The van der Waals surface area contributed by atoms with Crippen LogP contribution in [0.15, 0.2) is 46.3 Å². The molecular formula is C29H38N4O6S. The van der Waals surface area contributed by atoms with Gasteiger partial charge < -0.3 is 19.5 Å². The summed E-state index contributed by atoms with van der Waals surface area (Å²) in [5.41, 5.74) is 2.15. The van der Waals surface area contributed by atoms with E-state index in [2.05, 4.69) is 24.8 Å². The number of carboxylic acid groups (broad SMARTS) is 1. The summed E-state index contributed by atoms with van der Waals surface area (Å²) in [7, 11) is 1.31. The Hall–Kier alpha value is -3.31. The minimum atomic E-state index is -1.01. The van der Waals surface area contributed by atoms with E-state index >= 15 is 0 Å². The van der Waals surface area contributed by atoms with Crippen LogP contribution in [-0.4, -0.2) is 88.3 Å². The van der Waals surface area contributed by atoms with Gasteiger partial charge in [0.05, 0.1) is 19.7 Å². The van der Waals surface area contributed by atoms with Crippen LogP contribution in [0.25, 0.3) is 0 Å². The Morgan fingerprint density at radius 2 is 1.82 bits per heavy atom. The van der Waals surface area contributed by atoms with Crippen LogP contribution in [-0.2, 0) is 16.1 Å². The van der Waals surface area contributed by atoms with Gasteiger partial charge in [0.1, 0.15) is 10.8 Å². The quantitative estimate of drug-likeness (QED) is 0.427. The van der Waals surface area contributed by atoms with Gasteiger partial charge in [-0.15, -0.1) is 0 Å². The zero-order chi connectivity index (χ0) is 28.8. The van der Waals surface area contributed by atoms with Crippen molar-refractivity contribution < 1.29 is 29.0 Å². The standard InChI is InChI=1S/C29H38N4O6S/c1-19(2)15-23-17-32(29(37)38-4)28(36)33(23)22-11-13-31(14-12-22)16-21-5-10-26(30-20(21)3)40-25-8-6-24(7-9-25)39-18-27(34)35/h5-10,19,22-23H,11-18H2,1-4H3,(H,34,35). The molecule has 11 heteroatoms. The number of aliphatic carboxylic acids is 1. The molecule has 0 bridgehead atoms. The number of hydrogen-bond acceptors (Lipinski definition) is 8. The minimum absolute atomic E-state index is 0.0214. The molecular weight excluding hydrogens is 532 g/mol. The molecule has 3 heterocycles. The molecule has 2 aliphatic heterocycles. The summed E-state index contributed by atoms with van der Waals surface area (Å²) in [6, 6.07) is 11.3. The van der Waals surface area contributed by atoms with Crippen LogP contribution in [0.1, 0.15) is 44.4 Å². The second-order valence-electron chi connectivity index (χ2n) is 10.7. The second kappa shape index (κ2) is 13.4. The first kappa shape index (κ1) is 29.7. The number of carbonyl (C=O) groups excluding carboxylic acids is 2. The van der Waals surface area contributed by atoms with Gasteiger partial charge in [-0.3, -0.25) is 4.90 Å². The van der Waals surface area contributed by atoms with Crippen molar-refractivity contribution in [2.75, 3.05) is 33.4 Å². The van der Waals surface area contributed by atoms with E-state index in [-0.39, 0.29) is 24.7 Å². The number of hydrogen-bond donors (Lipinski definition) is 1. The van der Waals surface area contributed by atoms with Gasteiger partial charge in [-0.25, -0.2) is 24.3 Å². The fourth-order valence-corrected chi connectivity index (χ4v) is 6.21. The van der Waals surface area contributed by atoms with Gasteiger partial charge >= 0.3 is 18.1 Å². The third kappa shape index (κ3) is 7.45. The monoisotopic (exact) mass is 570 g/mol. The second-order valence-corrected chi connectivity index (χ2v) is 11.8. The first-order chi connectivity index (χ1) is 19.1. The summed E-state index contributed by atoms with van der Waals surface area (Å²) < 4.78 is 10.0. The lowest BCUT2D eigenvalue weighted by Gasteiger charge is -2.39. The molecule has 1 aromatic heterocycles. The molecule has 0 aliphatic carbocycles. The van der Waals surface area contributed by atoms with Gasteiger partial charge in [0, 0.05) is 36.3 Å². The van der Waals surface area contributed by atoms with E-state index in [0.717, 1.165) is 54.5 Å². The zero-order valence-corrected chi connectivity index (χ0v) is 24.4. The summed E-state index contributed by atoms with van der Waals surface area (Å²) in [5.74, 6) is -0.0707.